The number of anilines is 1. The first kappa shape index (κ1) is 29.1. The molecule has 3 aromatic rings. The van der Waals surface area contributed by atoms with Crippen LogP contribution in [0.4, 0.5) is 28.9 Å². The summed E-state index contributed by atoms with van der Waals surface area (Å²) >= 11 is 1.54. The molecule has 2 heterocycles. The number of fused-ring (bicyclic) bond motifs is 1. The van der Waals surface area contributed by atoms with Gasteiger partial charge in [-0.3, -0.25) is 19.8 Å². The van der Waals surface area contributed by atoms with Crippen LogP contribution >= 0.6 is 11.3 Å². The molecule has 0 atom stereocenters. The van der Waals surface area contributed by atoms with Crippen molar-refractivity contribution in [3.05, 3.63) is 62.9 Å². The average Bonchev–Trinajstić information content (AvgIpc) is 3.33. The number of ether oxygens (including phenoxy) is 1. The number of thiazole rings is 1. The van der Waals surface area contributed by atoms with E-state index in [9.17, 15) is 32.5 Å². The van der Waals surface area contributed by atoms with E-state index in [2.05, 4.69) is 15.2 Å². The first-order chi connectivity index (χ1) is 19.5. The van der Waals surface area contributed by atoms with E-state index in [1.165, 1.54) is 18.2 Å². The minimum absolute atomic E-state index is 0.0243. The number of nitrogens with one attached hydrogen (secondary N) is 1. The number of hydrogen-bond donors (Lipinski definition) is 1. The number of aromatic nitrogens is 1. The summed E-state index contributed by atoms with van der Waals surface area (Å²) in [5.74, 6) is -0.385. The molecule has 1 saturated heterocycles. The summed E-state index contributed by atoms with van der Waals surface area (Å²) in [7, 11) is 0. The van der Waals surface area contributed by atoms with Gasteiger partial charge in [0, 0.05) is 50.0 Å². The molecule has 2 fully saturated rings. The van der Waals surface area contributed by atoms with Gasteiger partial charge in [-0.1, -0.05) is 0 Å². The lowest BCUT2D eigenvalue weighted by Crippen LogP contribution is -2.49. The van der Waals surface area contributed by atoms with Crippen molar-refractivity contribution in [2.45, 2.75) is 50.6 Å². The lowest BCUT2D eigenvalue weighted by Gasteiger charge is -2.35. The van der Waals surface area contributed by atoms with Crippen molar-refractivity contribution >= 4 is 38.8 Å². The van der Waals surface area contributed by atoms with E-state index in [1.807, 2.05) is 0 Å². The number of benzene rings is 2. The smallest absolute Gasteiger partial charge is 0.382 e. The van der Waals surface area contributed by atoms with E-state index >= 15 is 0 Å². The van der Waals surface area contributed by atoms with Gasteiger partial charge in [-0.05, 0) is 49.9 Å². The van der Waals surface area contributed by atoms with Gasteiger partial charge in [-0.25, -0.2) is 9.37 Å². The molecule has 0 unspecified atom stereocenters. The van der Waals surface area contributed by atoms with Gasteiger partial charge in [0.25, 0.3) is 5.69 Å². The van der Waals surface area contributed by atoms with Crippen LogP contribution in [0, 0.1) is 15.9 Å². The Morgan fingerprint density at radius 1 is 1.10 bits per heavy atom. The Morgan fingerprint density at radius 3 is 2.51 bits per heavy atom. The number of carbonyl (C=O) groups excluding carboxylic acids is 1. The monoisotopic (exact) mass is 595 g/mol. The highest BCUT2D eigenvalue weighted by atomic mass is 32.1. The summed E-state index contributed by atoms with van der Waals surface area (Å²) in [5, 5.41) is 14.9. The Kier molecular flexibility index (Phi) is 8.71. The van der Waals surface area contributed by atoms with Gasteiger partial charge in [0.1, 0.15) is 23.0 Å². The van der Waals surface area contributed by atoms with Gasteiger partial charge in [0.2, 0.25) is 5.91 Å². The number of amides is 1. The second-order valence-electron chi connectivity index (χ2n) is 10.3. The molecule has 0 radical (unpaired) electrons. The Bertz CT molecular complexity index is 1400. The fourth-order valence-electron chi connectivity index (χ4n) is 5.26. The first-order valence-corrected chi connectivity index (χ1v) is 14.2. The van der Waals surface area contributed by atoms with E-state index in [0.29, 0.717) is 63.9 Å². The van der Waals surface area contributed by atoms with E-state index in [0.717, 1.165) is 21.8 Å². The maximum Gasteiger partial charge on any atom is 0.423 e. The zero-order chi connectivity index (χ0) is 29.1. The molecule has 1 N–H and O–H groups in total. The predicted molar refractivity (Wildman–Crippen MR) is 145 cm³/mol. The van der Waals surface area contributed by atoms with Crippen LogP contribution in [0.3, 0.4) is 0 Å². The molecule has 2 aromatic carbocycles. The number of hydrogen-bond acceptors (Lipinski definition) is 8. The van der Waals surface area contributed by atoms with E-state index in [1.54, 1.807) is 22.3 Å². The molecule has 1 saturated carbocycles. The molecule has 1 aromatic heterocycles. The van der Waals surface area contributed by atoms with Gasteiger partial charge < -0.3 is 15.0 Å². The Morgan fingerprint density at radius 2 is 1.83 bits per heavy atom. The highest BCUT2D eigenvalue weighted by Crippen LogP contribution is 2.38. The molecule has 5 rings (SSSR count). The number of nitro groups is 1. The molecule has 0 spiro atoms. The van der Waals surface area contributed by atoms with Crippen molar-refractivity contribution in [1.82, 2.24) is 14.8 Å². The zero-order valence-corrected chi connectivity index (χ0v) is 22.8. The Hall–Kier alpha value is -3.36. The molecular weight excluding hydrogens is 566 g/mol. The van der Waals surface area contributed by atoms with E-state index in [4.69, 9.17) is 4.74 Å². The lowest BCUT2D eigenvalue weighted by molar-refractivity contribution is -0.388. The number of nitrogens with zero attached hydrogens (tertiary/aromatic N) is 4. The van der Waals surface area contributed by atoms with Crippen molar-refractivity contribution in [2.24, 2.45) is 0 Å². The topological polar surface area (TPSA) is 101 Å². The van der Waals surface area contributed by atoms with Crippen LogP contribution in [0.15, 0.2) is 36.4 Å². The molecule has 0 bridgehead atoms. The summed E-state index contributed by atoms with van der Waals surface area (Å²) in [6.07, 6.45) is -2.40. The summed E-state index contributed by atoms with van der Waals surface area (Å²) < 4.78 is 60.0. The van der Waals surface area contributed by atoms with Crippen molar-refractivity contribution in [1.29, 1.82) is 0 Å². The average molecular weight is 596 g/mol. The van der Waals surface area contributed by atoms with Gasteiger partial charge in [0.05, 0.1) is 27.8 Å². The standard InChI is InChI=1S/C27H29F4N5O4S/c28-17-1-8-24-22(13-17)33-25(41-24)15-34-9-11-35(12-10-34)26(37)16-40-20-5-2-18(3-6-20)32-19-4-7-23(36(38)39)21(14-19)27(29,30)31/h1,4,7-8,13-14,18,20,32H,2-3,5-6,9-12,15-16H2. The van der Waals surface area contributed by atoms with Crippen LogP contribution in [0.5, 0.6) is 0 Å². The summed E-state index contributed by atoms with van der Waals surface area (Å²) in [4.78, 5) is 31.2. The van der Waals surface area contributed by atoms with Gasteiger partial charge in [-0.2, -0.15) is 13.2 Å². The number of piperazine rings is 1. The van der Waals surface area contributed by atoms with Crippen molar-refractivity contribution in [3.63, 3.8) is 0 Å². The lowest BCUT2D eigenvalue weighted by atomic mass is 9.92. The molecular formula is C27H29F4N5O4S. The molecule has 14 heteroatoms. The van der Waals surface area contributed by atoms with Crippen LogP contribution in [0.2, 0.25) is 0 Å². The number of alkyl halides is 3. The summed E-state index contributed by atoms with van der Waals surface area (Å²) in [6, 6.07) is 7.42. The quantitative estimate of drug-likeness (QED) is 0.210. The van der Waals surface area contributed by atoms with Crippen LogP contribution in [-0.4, -0.2) is 70.5 Å². The van der Waals surface area contributed by atoms with Crippen LogP contribution in [-0.2, 0) is 22.3 Å². The van der Waals surface area contributed by atoms with Crippen LogP contribution < -0.4 is 5.32 Å². The number of rotatable bonds is 8. The maximum absolute atomic E-state index is 13.4. The van der Waals surface area contributed by atoms with E-state index < -0.39 is 22.4 Å². The number of halogens is 4. The predicted octanol–water partition coefficient (Wildman–Crippen LogP) is 5.45. The van der Waals surface area contributed by atoms with Gasteiger partial charge >= 0.3 is 6.18 Å². The second-order valence-corrected chi connectivity index (χ2v) is 11.4. The van der Waals surface area contributed by atoms with Crippen LogP contribution in [0.25, 0.3) is 10.2 Å². The first-order valence-electron chi connectivity index (χ1n) is 13.3. The third kappa shape index (κ3) is 7.29. The Labute approximate surface area is 237 Å². The maximum atomic E-state index is 13.4. The largest absolute Gasteiger partial charge is 0.423 e. The van der Waals surface area contributed by atoms with Gasteiger partial charge in [0.15, 0.2) is 0 Å². The molecule has 9 nitrogen and oxygen atoms in total. The minimum atomic E-state index is -4.83. The van der Waals surface area contributed by atoms with Gasteiger partial charge in [-0.15, -0.1) is 11.3 Å². The SMILES string of the molecule is O=C(COC1CCC(Nc2ccc([N+](=O)[O-])c(C(F)(F)F)c2)CC1)N1CCN(Cc2nc3cc(F)ccc3s2)CC1. The number of carbonyl (C=O) groups is 1. The zero-order valence-electron chi connectivity index (χ0n) is 22.0. The van der Waals surface area contributed by atoms with Crippen LogP contribution in [0.1, 0.15) is 36.3 Å². The second kappa shape index (κ2) is 12.2. The number of nitro benzene ring substituents is 1. The van der Waals surface area contributed by atoms with Crippen molar-refractivity contribution < 1.29 is 32.0 Å². The normalized spacial score (nSPS) is 20.3. The minimum Gasteiger partial charge on any atom is -0.382 e. The molecule has 1 aliphatic heterocycles. The molecule has 220 valence electrons. The molecule has 2 aliphatic rings. The fraction of sp³-hybridized carbons (Fsp3) is 0.481. The molecule has 1 amide bonds. The summed E-state index contributed by atoms with van der Waals surface area (Å²) in [5.41, 5.74) is -1.42. The third-order valence-electron chi connectivity index (χ3n) is 7.46. The Balaban J connectivity index is 1.03. The third-order valence-corrected chi connectivity index (χ3v) is 8.49. The van der Waals surface area contributed by atoms with Crippen molar-refractivity contribution in [2.75, 3.05) is 38.1 Å². The van der Waals surface area contributed by atoms with Crippen molar-refractivity contribution in [3.8, 4) is 0 Å². The fourth-order valence-corrected chi connectivity index (χ4v) is 6.25. The highest BCUT2D eigenvalue weighted by molar-refractivity contribution is 7.18. The summed E-state index contributed by atoms with van der Waals surface area (Å²) in [6.45, 7) is 3.18. The highest BCUT2D eigenvalue weighted by Gasteiger charge is 2.38. The molecule has 1 aliphatic carbocycles. The van der Waals surface area contributed by atoms with E-state index in [-0.39, 0.29) is 36.2 Å². The molecule has 41 heavy (non-hydrogen) atoms.